The Balaban J connectivity index is 0.00000420. The van der Waals surface area contributed by atoms with Gasteiger partial charge in [-0.15, -0.1) is 24.0 Å². The Kier molecular flexibility index (Phi) is 12.7. The van der Waals surface area contributed by atoms with Gasteiger partial charge < -0.3 is 15.4 Å². The molecule has 0 amide bonds. The molecule has 2 fully saturated rings. The van der Waals surface area contributed by atoms with E-state index in [0.29, 0.717) is 25.1 Å². The Bertz CT molecular complexity index is 615. The number of halogens is 1. The number of hydrogen-bond acceptors (Lipinski definition) is 5. The fourth-order valence-corrected chi connectivity index (χ4v) is 4.52. The number of piperidine rings is 1. The van der Waals surface area contributed by atoms with E-state index in [0.717, 1.165) is 58.3 Å². The zero-order valence-electron chi connectivity index (χ0n) is 17.8. The summed E-state index contributed by atoms with van der Waals surface area (Å²) in [6, 6.07) is 0.353. The van der Waals surface area contributed by atoms with Crippen LogP contribution in [0.3, 0.4) is 0 Å². The first-order valence-electron chi connectivity index (χ1n) is 10.3. The van der Waals surface area contributed by atoms with Crippen molar-refractivity contribution in [3.8, 4) is 0 Å². The molecule has 0 aromatic heterocycles. The van der Waals surface area contributed by atoms with Crippen molar-refractivity contribution in [3.05, 3.63) is 12.2 Å². The molecule has 170 valence electrons. The maximum absolute atomic E-state index is 12.2. The lowest BCUT2D eigenvalue weighted by atomic mass is 10.0. The molecule has 0 saturated carbocycles. The summed E-state index contributed by atoms with van der Waals surface area (Å²) in [4.78, 5) is 6.63. The minimum atomic E-state index is -3.33. The van der Waals surface area contributed by atoms with Crippen molar-refractivity contribution < 1.29 is 13.2 Å². The van der Waals surface area contributed by atoms with Crippen LogP contribution in [0.2, 0.25) is 0 Å². The highest BCUT2D eigenvalue weighted by Crippen LogP contribution is 2.12. The molecule has 1 unspecified atom stereocenters. The molecule has 0 radical (unpaired) electrons. The van der Waals surface area contributed by atoms with E-state index in [2.05, 4.69) is 38.8 Å². The zero-order chi connectivity index (χ0) is 20.4. The van der Waals surface area contributed by atoms with Gasteiger partial charge in [-0.25, -0.2) is 13.1 Å². The number of hydrogen-bond donors (Lipinski definition) is 3. The predicted molar refractivity (Wildman–Crippen MR) is 130 cm³/mol. The van der Waals surface area contributed by atoms with Gasteiger partial charge in [0.2, 0.25) is 10.0 Å². The molecule has 29 heavy (non-hydrogen) atoms. The maximum Gasteiger partial charge on any atom is 0.213 e. The first kappa shape index (κ1) is 26.6. The third-order valence-electron chi connectivity index (χ3n) is 5.11. The Labute approximate surface area is 193 Å². The van der Waals surface area contributed by atoms with Crippen LogP contribution in [0.5, 0.6) is 0 Å². The van der Waals surface area contributed by atoms with Crippen molar-refractivity contribution in [1.29, 1.82) is 0 Å². The van der Waals surface area contributed by atoms with Crippen molar-refractivity contribution >= 4 is 40.0 Å². The summed E-state index contributed by atoms with van der Waals surface area (Å²) in [5, 5.41) is 6.52. The molecule has 0 bridgehead atoms. The monoisotopic (exact) mass is 543 g/mol. The van der Waals surface area contributed by atoms with E-state index in [4.69, 9.17) is 4.74 Å². The number of guanidine groups is 1. The maximum atomic E-state index is 12.2. The lowest BCUT2D eigenvalue weighted by Gasteiger charge is -2.33. The average Bonchev–Trinajstić information content (AvgIpc) is 2.67. The highest BCUT2D eigenvalue weighted by molar-refractivity contribution is 14.0. The largest absolute Gasteiger partial charge is 0.377 e. The summed E-state index contributed by atoms with van der Waals surface area (Å²) in [7, 11) is -1.62. The van der Waals surface area contributed by atoms with Gasteiger partial charge in [0.05, 0.1) is 11.9 Å². The molecule has 10 heteroatoms. The molecule has 2 saturated heterocycles. The molecule has 0 aliphatic carbocycles. The van der Waals surface area contributed by atoms with Crippen molar-refractivity contribution in [1.82, 2.24) is 20.3 Å². The van der Waals surface area contributed by atoms with E-state index >= 15 is 0 Å². The summed E-state index contributed by atoms with van der Waals surface area (Å²) < 4.78 is 32.6. The van der Waals surface area contributed by atoms with Gasteiger partial charge in [-0.1, -0.05) is 12.2 Å². The summed E-state index contributed by atoms with van der Waals surface area (Å²) in [5.41, 5.74) is 1.19. The minimum absolute atomic E-state index is 0. The first-order chi connectivity index (χ1) is 13.4. The van der Waals surface area contributed by atoms with E-state index in [1.54, 1.807) is 7.05 Å². The molecule has 2 heterocycles. The SMILES string of the molecule is C=C(C)CN1CCC(NC(=NC)NCCS(=O)(=O)NCC2CCCCO2)CC1.I. The molecule has 1 atom stereocenters. The number of nitrogens with zero attached hydrogens (tertiary/aromatic N) is 2. The number of likely N-dealkylation sites (tertiary alicyclic amines) is 1. The quantitative estimate of drug-likeness (QED) is 0.176. The Morgan fingerprint density at radius 1 is 1.24 bits per heavy atom. The molecular formula is C19H38IN5O3S. The van der Waals surface area contributed by atoms with Gasteiger partial charge in [0.1, 0.15) is 0 Å². The molecule has 3 N–H and O–H groups in total. The van der Waals surface area contributed by atoms with Gasteiger partial charge in [0.25, 0.3) is 0 Å². The molecule has 2 rings (SSSR count). The third kappa shape index (κ3) is 11.0. The first-order valence-corrected chi connectivity index (χ1v) is 12.0. The molecular weight excluding hydrogens is 505 g/mol. The molecule has 2 aliphatic rings. The fraction of sp³-hybridized carbons (Fsp3) is 0.842. The van der Waals surface area contributed by atoms with E-state index in [9.17, 15) is 8.42 Å². The molecule has 0 aromatic carbocycles. The topological polar surface area (TPSA) is 95.1 Å². The summed E-state index contributed by atoms with van der Waals surface area (Å²) in [6.07, 6.45) is 5.16. The lowest BCUT2D eigenvalue weighted by Crippen LogP contribution is -2.49. The van der Waals surface area contributed by atoms with Crippen LogP contribution < -0.4 is 15.4 Å². The molecule has 2 aliphatic heterocycles. The Morgan fingerprint density at radius 3 is 2.55 bits per heavy atom. The van der Waals surface area contributed by atoms with Gasteiger partial charge in [0, 0.05) is 52.4 Å². The third-order valence-corrected chi connectivity index (χ3v) is 6.46. The summed E-state index contributed by atoms with van der Waals surface area (Å²) in [6.45, 7) is 10.4. The van der Waals surface area contributed by atoms with Crippen LogP contribution >= 0.6 is 24.0 Å². The van der Waals surface area contributed by atoms with Crippen LogP contribution in [0.1, 0.15) is 39.0 Å². The lowest BCUT2D eigenvalue weighted by molar-refractivity contribution is 0.0200. The predicted octanol–water partition coefficient (Wildman–Crippen LogP) is 1.30. The van der Waals surface area contributed by atoms with Crippen LogP contribution in [0.15, 0.2) is 17.1 Å². The van der Waals surface area contributed by atoms with E-state index in [1.165, 1.54) is 5.57 Å². The Morgan fingerprint density at radius 2 is 1.97 bits per heavy atom. The standard InChI is InChI=1S/C19H37N5O3S.HI/c1-16(2)15-24-10-7-17(8-11-24)23-19(20-3)21-9-13-28(25,26)22-14-18-6-4-5-12-27-18;/h17-18,22H,1,4-15H2,2-3H3,(H2,20,21,23);1H. The summed E-state index contributed by atoms with van der Waals surface area (Å²) >= 11 is 0. The highest BCUT2D eigenvalue weighted by Gasteiger charge is 2.20. The molecule has 0 spiro atoms. The zero-order valence-corrected chi connectivity index (χ0v) is 20.9. The van der Waals surface area contributed by atoms with Crippen molar-refractivity contribution in [2.45, 2.75) is 51.2 Å². The molecule has 8 nitrogen and oxygen atoms in total. The fourth-order valence-electron chi connectivity index (χ4n) is 3.57. The van der Waals surface area contributed by atoms with Gasteiger partial charge in [0.15, 0.2) is 5.96 Å². The van der Waals surface area contributed by atoms with E-state index in [1.807, 2.05) is 0 Å². The van der Waals surface area contributed by atoms with Crippen LogP contribution in [0.4, 0.5) is 0 Å². The normalized spacial score (nSPS) is 22.0. The number of rotatable bonds is 9. The van der Waals surface area contributed by atoms with Crippen molar-refractivity contribution in [2.24, 2.45) is 4.99 Å². The second kappa shape index (κ2) is 13.8. The highest BCUT2D eigenvalue weighted by atomic mass is 127. The van der Waals surface area contributed by atoms with E-state index in [-0.39, 0.29) is 35.8 Å². The van der Waals surface area contributed by atoms with E-state index < -0.39 is 10.0 Å². The number of ether oxygens (including phenoxy) is 1. The number of nitrogens with one attached hydrogen (secondary N) is 3. The van der Waals surface area contributed by atoms with Crippen LogP contribution in [0, 0.1) is 0 Å². The smallest absolute Gasteiger partial charge is 0.213 e. The van der Waals surface area contributed by atoms with Crippen molar-refractivity contribution in [2.75, 3.05) is 52.1 Å². The van der Waals surface area contributed by atoms with Gasteiger partial charge >= 0.3 is 0 Å². The van der Waals surface area contributed by atoms with Crippen LogP contribution in [-0.2, 0) is 14.8 Å². The number of aliphatic imine (C=N–C) groups is 1. The second-order valence-corrected chi connectivity index (χ2v) is 9.73. The minimum Gasteiger partial charge on any atom is -0.377 e. The Hall–Kier alpha value is -0.430. The van der Waals surface area contributed by atoms with Gasteiger partial charge in [-0.3, -0.25) is 9.89 Å². The van der Waals surface area contributed by atoms with Gasteiger partial charge in [-0.2, -0.15) is 0 Å². The van der Waals surface area contributed by atoms with Crippen molar-refractivity contribution in [3.63, 3.8) is 0 Å². The average molecular weight is 544 g/mol. The van der Waals surface area contributed by atoms with Crippen LogP contribution in [-0.4, -0.2) is 83.6 Å². The second-order valence-electron chi connectivity index (χ2n) is 7.81. The molecule has 0 aromatic rings. The number of sulfonamides is 1. The van der Waals surface area contributed by atoms with Gasteiger partial charge in [-0.05, 0) is 39.0 Å². The summed E-state index contributed by atoms with van der Waals surface area (Å²) in [5.74, 6) is 0.668. The van der Waals surface area contributed by atoms with Crippen LogP contribution in [0.25, 0.3) is 0 Å².